The van der Waals surface area contributed by atoms with Gasteiger partial charge >= 0.3 is 0 Å². The maximum atomic E-state index is 4.48. The Labute approximate surface area is 102 Å². The summed E-state index contributed by atoms with van der Waals surface area (Å²) in [5.74, 6) is 0.706. The SMILES string of the molecule is CCCC(C)(C)Nc1nc2cccc(C)n2n1. The Balaban J connectivity index is 2.28. The molecule has 2 aromatic rings. The highest BCUT2D eigenvalue weighted by molar-refractivity contribution is 5.45. The van der Waals surface area contributed by atoms with Crippen molar-refractivity contribution in [2.45, 2.75) is 46.1 Å². The van der Waals surface area contributed by atoms with E-state index in [4.69, 9.17) is 0 Å². The summed E-state index contributed by atoms with van der Waals surface area (Å²) in [6, 6.07) is 6.00. The lowest BCUT2D eigenvalue weighted by Gasteiger charge is -2.24. The van der Waals surface area contributed by atoms with E-state index in [1.54, 1.807) is 0 Å². The number of pyridine rings is 1. The molecule has 0 aromatic carbocycles. The minimum atomic E-state index is 0.0353. The van der Waals surface area contributed by atoms with Crippen LogP contribution in [-0.4, -0.2) is 20.1 Å². The average molecular weight is 232 g/mol. The maximum absolute atomic E-state index is 4.48. The predicted molar refractivity (Wildman–Crippen MR) is 70.3 cm³/mol. The molecule has 0 aliphatic heterocycles. The van der Waals surface area contributed by atoms with Crippen molar-refractivity contribution >= 4 is 11.6 Å². The van der Waals surface area contributed by atoms with E-state index >= 15 is 0 Å². The van der Waals surface area contributed by atoms with Gasteiger partial charge in [0.25, 0.3) is 0 Å². The fourth-order valence-corrected chi connectivity index (χ4v) is 2.08. The van der Waals surface area contributed by atoms with E-state index in [2.05, 4.69) is 36.2 Å². The molecule has 1 N–H and O–H groups in total. The number of fused-ring (bicyclic) bond motifs is 1. The van der Waals surface area contributed by atoms with Gasteiger partial charge in [0.1, 0.15) is 0 Å². The molecule has 17 heavy (non-hydrogen) atoms. The fraction of sp³-hybridized carbons (Fsp3) is 0.538. The Hall–Kier alpha value is -1.58. The molecule has 0 bridgehead atoms. The Morgan fingerprint density at radius 2 is 2.12 bits per heavy atom. The topological polar surface area (TPSA) is 42.2 Å². The van der Waals surface area contributed by atoms with Crippen LogP contribution >= 0.6 is 0 Å². The summed E-state index contributed by atoms with van der Waals surface area (Å²) in [6.45, 7) is 8.57. The van der Waals surface area contributed by atoms with Crippen LogP contribution in [0.3, 0.4) is 0 Å². The van der Waals surface area contributed by atoms with E-state index in [0.29, 0.717) is 5.95 Å². The monoisotopic (exact) mass is 232 g/mol. The maximum Gasteiger partial charge on any atom is 0.243 e. The molecule has 92 valence electrons. The van der Waals surface area contributed by atoms with E-state index in [0.717, 1.165) is 24.2 Å². The zero-order valence-corrected chi connectivity index (χ0v) is 11.0. The van der Waals surface area contributed by atoms with Crippen LogP contribution in [0.15, 0.2) is 18.2 Å². The first kappa shape index (κ1) is 11.9. The average Bonchev–Trinajstić information content (AvgIpc) is 2.60. The van der Waals surface area contributed by atoms with Gasteiger partial charge in [-0.05, 0) is 39.3 Å². The minimum absolute atomic E-state index is 0.0353. The third-order valence-corrected chi connectivity index (χ3v) is 2.87. The highest BCUT2D eigenvalue weighted by Crippen LogP contribution is 2.17. The molecule has 0 radical (unpaired) electrons. The number of hydrogen-bond acceptors (Lipinski definition) is 3. The smallest absolute Gasteiger partial charge is 0.243 e. The van der Waals surface area contributed by atoms with E-state index in [-0.39, 0.29) is 5.54 Å². The molecule has 0 saturated carbocycles. The number of nitrogens with one attached hydrogen (secondary N) is 1. The molecule has 0 aliphatic rings. The van der Waals surface area contributed by atoms with Gasteiger partial charge in [0.2, 0.25) is 5.95 Å². The Morgan fingerprint density at radius 3 is 2.76 bits per heavy atom. The molecule has 0 fully saturated rings. The molecular formula is C13H20N4. The predicted octanol–water partition coefficient (Wildman–Crippen LogP) is 3.03. The second kappa shape index (κ2) is 4.35. The normalized spacial score (nSPS) is 12.0. The van der Waals surface area contributed by atoms with Gasteiger partial charge < -0.3 is 5.32 Å². The van der Waals surface area contributed by atoms with Gasteiger partial charge in [-0.25, -0.2) is 4.52 Å². The second-order valence-electron chi connectivity index (χ2n) is 5.13. The number of rotatable bonds is 4. The highest BCUT2D eigenvalue weighted by atomic mass is 15.4. The largest absolute Gasteiger partial charge is 0.348 e. The van der Waals surface area contributed by atoms with Crippen LogP contribution in [0.2, 0.25) is 0 Å². The van der Waals surface area contributed by atoms with Gasteiger partial charge in [-0.3, -0.25) is 0 Å². The molecule has 0 atom stereocenters. The summed E-state index contributed by atoms with van der Waals surface area (Å²) in [5.41, 5.74) is 2.02. The quantitative estimate of drug-likeness (QED) is 0.881. The third-order valence-electron chi connectivity index (χ3n) is 2.87. The van der Waals surface area contributed by atoms with Gasteiger partial charge in [-0.2, -0.15) is 4.98 Å². The lowest BCUT2D eigenvalue weighted by molar-refractivity contribution is 0.507. The molecular weight excluding hydrogens is 212 g/mol. The van der Waals surface area contributed by atoms with Crippen molar-refractivity contribution in [1.29, 1.82) is 0 Å². The van der Waals surface area contributed by atoms with E-state index in [9.17, 15) is 0 Å². The molecule has 2 aromatic heterocycles. The minimum Gasteiger partial charge on any atom is -0.348 e. The van der Waals surface area contributed by atoms with E-state index in [1.807, 2.05) is 29.6 Å². The van der Waals surface area contributed by atoms with Crippen LogP contribution < -0.4 is 5.32 Å². The summed E-state index contributed by atoms with van der Waals surface area (Å²) in [6.07, 6.45) is 2.24. The summed E-state index contributed by atoms with van der Waals surface area (Å²) >= 11 is 0. The van der Waals surface area contributed by atoms with Crippen molar-refractivity contribution in [2.75, 3.05) is 5.32 Å². The molecule has 2 rings (SSSR count). The van der Waals surface area contributed by atoms with Gasteiger partial charge in [-0.15, -0.1) is 5.10 Å². The summed E-state index contributed by atoms with van der Waals surface area (Å²) in [5, 5.41) is 7.87. The van der Waals surface area contributed by atoms with Crippen LogP contribution in [-0.2, 0) is 0 Å². The fourth-order valence-electron chi connectivity index (χ4n) is 2.08. The molecule has 0 unspecified atom stereocenters. The van der Waals surface area contributed by atoms with E-state index in [1.165, 1.54) is 0 Å². The van der Waals surface area contributed by atoms with Gasteiger partial charge in [0, 0.05) is 11.2 Å². The number of hydrogen-bond donors (Lipinski definition) is 1. The van der Waals surface area contributed by atoms with Crippen molar-refractivity contribution in [3.05, 3.63) is 23.9 Å². The first-order valence-electron chi connectivity index (χ1n) is 6.12. The van der Waals surface area contributed by atoms with Crippen LogP contribution in [0.25, 0.3) is 5.65 Å². The number of anilines is 1. The lowest BCUT2D eigenvalue weighted by Crippen LogP contribution is -2.31. The zero-order valence-electron chi connectivity index (χ0n) is 11.0. The number of aryl methyl sites for hydroxylation is 1. The number of aromatic nitrogens is 3. The van der Waals surface area contributed by atoms with Crippen molar-refractivity contribution in [1.82, 2.24) is 14.6 Å². The van der Waals surface area contributed by atoms with Gasteiger partial charge in [0.05, 0.1) is 0 Å². The zero-order chi connectivity index (χ0) is 12.5. The molecule has 2 heterocycles. The van der Waals surface area contributed by atoms with Crippen LogP contribution in [0.4, 0.5) is 5.95 Å². The molecule has 4 nitrogen and oxygen atoms in total. The molecule has 0 amide bonds. The van der Waals surface area contributed by atoms with Crippen molar-refractivity contribution in [3.63, 3.8) is 0 Å². The molecule has 0 aliphatic carbocycles. The Morgan fingerprint density at radius 1 is 1.35 bits per heavy atom. The van der Waals surface area contributed by atoms with Crippen molar-refractivity contribution in [2.24, 2.45) is 0 Å². The van der Waals surface area contributed by atoms with Crippen molar-refractivity contribution in [3.8, 4) is 0 Å². The summed E-state index contributed by atoms with van der Waals surface area (Å²) in [4.78, 5) is 4.48. The third kappa shape index (κ3) is 2.57. The number of nitrogens with zero attached hydrogens (tertiary/aromatic N) is 3. The first-order chi connectivity index (χ1) is 8.02. The first-order valence-corrected chi connectivity index (χ1v) is 6.12. The second-order valence-corrected chi connectivity index (χ2v) is 5.13. The van der Waals surface area contributed by atoms with Gasteiger partial charge in [-0.1, -0.05) is 19.4 Å². The standard InChI is InChI=1S/C13H20N4/c1-5-9-13(3,4)15-12-14-11-8-6-7-10(2)17(11)16-12/h6-8H,5,9H2,1-4H3,(H,15,16). The van der Waals surface area contributed by atoms with Crippen LogP contribution in [0.5, 0.6) is 0 Å². The lowest BCUT2D eigenvalue weighted by atomic mass is 9.99. The summed E-state index contributed by atoms with van der Waals surface area (Å²) in [7, 11) is 0. The molecule has 0 spiro atoms. The highest BCUT2D eigenvalue weighted by Gasteiger charge is 2.18. The van der Waals surface area contributed by atoms with Crippen molar-refractivity contribution < 1.29 is 0 Å². The van der Waals surface area contributed by atoms with E-state index < -0.39 is 0 Å². The van der Waals surface area contributed by atoms with Crippen LogP contribution in [0.1, 0.15) is 39.3 Å². The molecule has 0 saturated heterocycles. The van der Waals surface area contributed by atoms with Gasteiger partial charge in [0.15, 0.2) is 5.65 Å². The Kier molecular flexibility index (Phi) is 3.05. The Bertz CT molecular complexity index is 513. The molecule has 4 heteroatoms. The summed E-state index contributed by atoms with van der Waals surface area (Å²) < 4.78 is 1.87. The van der Waals surface area contributed by atoms with Crippen LogP contribution in [0, 0.1) is 6.92 Å².